The van der Waals surface area contributed by atoms with Gasteiger partial charge in [-0.1, -0.05) is 72.8 Å². The highest BCUT2D eigenvalue weighted by molar-refractivity contribution is 5.94. The van der Waals surface area contributed by atoms with E-state index in [1.807, 2.05) is 48.5 Å². The zero-order valence-corrected chi connectivity index (χ0v) is 22.0. The fraction of sp³-hybridized carbons (Fsp3) is 0.200. The summed E-state index contributed by atoms with van der Waals surface area (Å²) in [5.74, 6) is -1.87. The molecule has 0 radical (unpaired) electrons. The number of amides is 1. The van der Waals surface area contributed by atoms with Gasteiger partial charge >= 0.3 is 17.8 Å². The van der Waals surface area contributed by atoms with E-state index in [9.17, 15) is 24.6 Å². The van der Waals surface area contributed by atoms with Gasteiger partial charge in [0, 0.05) is 24.4 Å². The van der Waals surface area contributed by atoms with Gasteiger partial charge in [-0.15, -0.1) is 0 Å². The van der Waals surface area contributed by atoms with Gasteiger partial charge in [0.1, 0.15) is 18.5 Å². The number of aliphatic carboxylic acids is 1. The van der Waals surface area contributed by atoms with Crippen LogP contribution in [0.2, 0.25) is 0 Å². The smallest absolute Gasteiger partial charge is 0.407 e. The number of carbonyl (C=O) groups excluding carboxylic acids is 1. The number of aromatic nitrogens is 2. The Morgan fingerprint density at radius 3 is 2.22 bits per heavy atom. The number of ether oxygens (including phenoxy) is 1. The van der Waals surface area contributed by atoms with Crippen LogP contribution in [0.25, 0.3) is 11.1 Å². The summed E-state index contributed by atoms with van der Waals surface area (Å²) in [5, 5.41) is 30.2. The highest BCUT2D eigenvalue weighted by Gasteiger charge is 2.30. The molecule has 1 aromatic heterocycles. The van der Waals surface area contributed by atoms with Gasteiger partial charge in [-0.05, 0) is 34.2 Å². The van der Waals surface area contributed by atoms with E-state index in [2.05, 4.69) is 10.3 Å². The molecule has 1 aliphatic carbocycles. The molecule has 0 fully saturated rings. The van der Waals surface area contributed by atoms with Crippen molar-refractivity contribution in [1.29, 1.82) is 5.41 Å². The second-order valence-electron chi connectivity index (χ2n) is 9.82. The zero-order chi connectivity index (χ0) is 29.1. The number of amidine groups is 1. The van der Waals surface area contributed by atoms with Crippen LogP contribution in [0, 0.1) is 5.41 Å². The van der Waals surface area contributed by atoms with E-state index >= 15 is 0 Å². The SMILES string of the molecule is N=C(N)c1ccc(Cc2[nH]c(=O)n(CCC(NC(=O)OCC3c4ccccc4-c4ccccc43)C(=O)O)c2O)cc1. The first kappa shape index (κ1) is 27.3. The fourth-order valence-electron chi connectivity index (χ4n) is 5.15. The van der Waals surface area contributed by atoms with Crippen molar-refractivity contribution in [3.05, 3.63) is 111 Å². The van der Waals surface area contributed by atoms with Crippen LogP contribution in [0.15, 0.2) is 77.6 Å². The van der Waals surface area contributed by atoms with Crippen molar-refractivity contribution in [3.63, 3.8) is 0 Å². The quantitative estimate of drug-likeness (QED) is 0.128. The predicted octanol–water partition coefficient (Wildman–Crippen LogP) is 3.14. The molecule has 0 saturated carbocycles. The number of carboxylic acids is 1. The third-order valence-electron chi connectivity index (χ3n) is 7.25. The third-order valence-corrected chi connectivity index (χ3v) is 7.25. The molecule has 4 aromatic rings. The number of imidazole rings is 1. The van der Waals surface area contributed by atoms with Crippen molar-refractivity contribution in [1.82, 2.24) is 14.9 Å². The molecule has 1 heterocycles. The topological polar surface area (TPSA) is 184 Å². The normalized spacial score (nSPS) is 12.8. The molecule has 1 aliphatic rings. The number of hydrogen-bond donors (Lipinski definition) is 6. The molecule has 7 N–H and O–H groups in total. The van der Waals surface area contributed by atoms with E-state index in [0.29, 0.717) is 5.56 Å². The molecule has 0 bridgehead atoms. The van der Waals surface area contributed by atoms with Gasteiger partial charge in [-0.25, -0.2) is 14.4 Å². The van der Waals surface area contributed by atoms with Crippen molar-refractivity contribution < 1.29 is 24.5 Å². The Hall–Kier alpha value is -5.32. The lowest BCUT2D eigenvalue weighted by atomic mass is 9.98. The highest BCUT2D eigenvalue weighted by atomic mass is 16.5. The second kappa shape index (κ2) is 11.4. The summed E-state index contributed by atoms with van der Waals surface area (Å²) in [6, 6.07) is 21.2. The number of carboxylic acid groups (broad SMARTS) is 1. The Labute approximate surface area is 234 Å². The average Bonchev–Trinajstić information content (AvgIpc) is 3.42. The molecule has 0 aliphatic heterocycles. The van der Waals surface area contributed by atoms with Crippen molar-refractivity contribution >= 4 is 17.9 Å². The summed E-state index contributed by atoms with van der Waals surface area (Å²) < 4.78 is 6.48. The molecular formula is C30H29N5O6. The first-order valence-electron chi connectivity index (χ1n) is 13.0. The van der Waals surface area contributed by atoms with Crippen LogP contribution in [-0.4, -0.2) is 50.3 Å². The van der Waals surface area contributed by atoms with Gasteiger partial charge in [0.2, 0.25) is 5.88 Å². The number of nitrogens with zero attached hydrogens (tertiary/aromatic N) is 1. The maximum absolute atomic E-state index is 12.6. The first-order valence-corrected chi connectivity index (χ1v) is 13.0. The molecular weight excluding hydrogens is 526 g/mol. The number of rotatable bonds is 10. The number of nitrogens with two attached hydrogens (primary N) is 1. The van der Waals surface area contributed by atoms with Crippen LogP contribution < -0.4 is 16.7 Å². The van der Waals surface area contributed by atoms with Crippen molar-refractivity contribution in [2.24, 2.45) is 5.73 Å². The summed E-state index contributed by atoms with van der Waals surface area (Å²) in [5.41, 5.74) is 10.6. The molecule has 11 nitrogen and oxygen atoms in total. The number of aromatic amines is 1. The average molecular weight is 556 g/mol. The molecule has 210 valence electrons. The number of carbonyl (C=O) groups is 2. The molecule has 0 saturated heterocycles. The maximum atomic E-state index is 12.6. The van der Waals surface area contributed by atoms with Gasteiger partial charge in [-0.2, -0.15) is 0 Å². The number of aromatic hydroxyl groups is 1. The maximum Gasteiger partial charge on any atom is 0.407 e. The van der Waals surface area contributed by atoms with E-state index in [0.717, 1.165) is 32.4 Å². The van der Waals surface area contributed by atoms with Gasteiger partial charge in [0.05, 0.1) is 5.69 Å². The molecule has 1 unspecified atom stereocenters. The Morgan fingerprint density at radius 1 is 1.02 bits per heavy atom. The number of nitrogen functional groups attached to an aromatic ring is 1. The minimum atomic E-state index is -1.35. The minimum absolute atomic E-state index is 0.0288. The second-order valence-corrected chi connectivity index (χ2v) is 9.82. The molecule has 3 aromatic carbocycles. The number of H-pyrrole nitrogens is 1. The Kier molecular flexibility index (Phi) is 7.59. The predicted molar refractivity (Wildman–Crippen MR) is 151 cm³/mol. The monoisotopic (exact) mass is 555 g/mol. The van der Waals surface area contributed by atoms with E-state index < -0.39 is 23.8 Å². The summed E-state index contributed by atoms with van der Waals surface area (Å²) in [7, 11) is 0. The zero-order valence-electron chi connectivity index (χ0n) is 22.0. The van der Waals surface area contributed by atoms with E-state index in [1.54, 1.807) is 24.3 Å². The summed E-state index contributed by atoms with van der Waals surface area (Å²) in [6.45, 7) is -0.133. The first-order chi connectivity index (χ1) is 19.7. The highest BCUT2D eigenvalue weighted by Crippen LogP contribution is 2.44. The molecule has 1 amide bonds. The standard InChI is InChI=1S/C30H29N5O6/c31-26(32)18-11-9-17(10-12-18)15-25-27(36)35(29(39)33-25)14-13-24(28(37)38)34-30(40)41-16-23-21-7-3-1-5-19(21)20-6-2-4-8-22(20)23/h1-12,23-24,36H,13-16H2,(H3,31,32)(H,33,39)(H,34,40)(H,37,38). The van der Waals surface area contributed by atoms with Gasteiger partial charge in [0.15, 0.2) is 0 Å². The van der Waals surface area contributed by atoms with Crippen LogP contribution in [0.5, 0.6) is 5.88 Å². The number of hydrogen-bond acceptors (Lipinski definition) is 6. The molecule has 41 heavy (non-hydrogen) atoms. The van der Waals surface area contributed by atoms with Crippen LogP contribution in [0.3, 0.4) is 0 Å². The lowest BCUT2D eigenvalue weighted by Gasteiger charge is -2.17. The molecule has 5 rings (SSSR count). The van der Waals surface area contributed by atoms with Crippen LogP contribution in [0.4, 0.5) is 4.79 Å². The van der Waals surface area contributed by atoms with E-state index in [4.69, 9.17) is 15.9 Å². The Morgan fingerprint density at radius 2 is 1.63 bits per heavy atom. The van der Waals surface area contributed by atoms with E-state index in [-0.39, 0.29) is 49.3 Å². The molecule has 1 atom stereocenters. The van der Waals surface area contributed by atoms with Crippen LogP contribution >= 0.6 is 0 Å². The largest absolute Gasteiger partial charge is 0.493 e. The molecule has 0 spiro atoms. The van der Waals surface area contributed by atoms with Gasteiger partial charge < -0.3 is 31.0 Å². The van der Waals surface area contributed by atoms with Crippen molar-refractivity contribution in [3.8, 4) is 17.0 Å². The minimum Gasteiger partial charge on any atom is -0.493 e. The number of alkyl carbamates (subject to hydrolysis) is 1. The number of fused-ring (bicyclic) bond motifs is 3. The van der Waals surface area contributed by atoms with Gasteiger partial charge in [-0.3, -0.25) is 9.98 Å². The van der Waals surface area contributed by atoms with Crippen molar-refractivity contribution in [2.75, 3.05) is 6.61 Å². The van der Waals surface area contributed by atoms with Crippen LogP contribution in [-0.2, 0) is 22.5 Å². The fourth-order valence-corrected chi connectivity index (χ4v) is 5.15. The summed E-state index contributed by atoms with van der Waals surface area (Å²) in [6.07, 6.45) is -0.857. The lowest BCUT2D eigenvalue weighted by molar-refractivity contribution is -0.139. The van der Waals surface area contributed by atoms with Gasteiger partial charge in [0.25, 0.3) is 0 Å². The van der Waals surface area contributed by atoms with Crippen LogP contribution in [0.1, 0.15) is 40.3 Å². The third kappa shape index (κ3) is 5.69. The lowest BCUT2D eigenvalue weighted by Crippen LogP contribution is -2.42. The summed E-state index contributed by atoms with van der Waals surface area (Å²) in [4.78, 5) is 39.6. The Balaban J connectivity index is 1.20. The number of benzene rings is 3. The van der Waals surface area contributed by atoms with E-state index in [1.165, 1.54) is 0 Å². The molecule has 11 heteroatoms. The Bertz CT molecular complexity index is 1630. The summed E-state index contributed by atoms with van der Waals surface area (Å²) >= 11 is 0. The van der Waals surface area contributed by atoms with Crippen molar-refractivity contribution in [2.45, 2.75) is 31.3 Å². The number of nitrogens with one attached hydrogen (secondary N) is 3.